The topological polar surface area (TPSA) is 52.6 Å². The number of benzene rings is 1. The largest absolute Gasteiger partial charge is 0.343 e. The second-order valence-electron chi connectivity index (χ2n) is 5.10. The van der Waals surface area contributed by atoms with E-state index in [1.54, 1.807) is 12.1 Å². The van der Waals surface area contributed by atoms with Gasteiger partial charge in [0.15, 0.2) is 11.6 Å². The maximum atomic E-state index is 12.3. The summed E-state index contributed by atoms with van der Waals surface area (Å²) in [4.78, 5) is 24.3. The first-order valence-corrected chi connectivity index (χ1v) is 6.17. The van der Waals surface area contributed by atoms with E-state index in [4.69, 9.17) is 9.47 Å². The lowest BCUT2D eigenvalue weighted by molar-refractivity contribution is -0.153. The van der Waals surface area contributed by atoms with Gasteiger partial charge in [0.05, 0.1) is 12.7 Å². The highest BCUT2D eigenvalue weighted by atomic mass is 16.7. The van der Waals surface area contributed by atoms with Crippen molar-refractivity contribution in [1.29, 1.82) is 0 Å². The molecule has 92 valence electrons. The lowest BCUT2D eigenvalue weighted by Gasteiger charge is -2.14. The second kappa shape index (κ2) is 3.49. The molecule has 1 aromatic rings. The number of ether oxygens (including phenoxy) is 2. The van der Waals surface area contributed by atoms with Crippen molar-refractivity contribution in [3.63, 3.8) is 0 Å². The van der Waals surface area contributed by atoms with E-state index in [0.717, 1.165) is 0 Å². The van der Waals surface area contributed by atoms with Gasteiger partial charge in [0.25, 0.3) is 0 Å². The van der Waals surface area contributed by atoms with E-state index < -0.39 is 6.29 Å². The van der Waals surface area contributed by atoms with Gasteiger partial charge in [0.1, 0.15) is 0 Å². The van der Waals surface area contributed by atoms with Gasteiger partial charge >= 0.3 is 0 Å². The quantitative estimate of drug-likeness (QED) is 0.730. The minimum Gasteiger partial charge on any atom is -0.343 e. The molecule has 2 bridgehead atoms. The van der Waals surface area contributed by atoms with Crippen LogP contribution in [0, 0.1) is 17.8 Å². The predicted molar refractivity (Wildman–Crippen MR) is 60.9 cm³/mol. The van der Waals surface area contributed by atoms with Crippen molar-refractivity contribution in [1.82, 2.24) is 0 Å². The van der Waals surface area contributed by atoms with Gasteiger partial charge in [-0.2, -0.15) is 0 Å². The van der Waals surface area contributed by atoms with Crippen LogP contribution in [0.5, 0.6) is 0 Å². The Hall–Kier alpha value is -1.52. The van der Waals surface area contributed by atoms with Gasteiger partial charge in [-0.3, -0.25) is 9.59 Å². The molecule has 0 aromatic heterocycles. The molecule has 0 radical (unpaired) electrons. The minimum absolute atomic E-state index is 0.0314. The van der Waals surface area contributed by atoms with Crippen molar-refractivity contribution in [2.75, 3.05) is 6.61 Å². The van der Waals surface area contributed by atoms with Crippen LogP contribution >= 0.6 is 0 Å². The third-order valence-corrected chi connectivity index (χ3v) is 4.14. The van der Waals surface area contributed by atoms with Gasteiger partial charge in [-0.1, -0.05) is 30.3 Å². The molecule has 3 fully saturated rings. The number of rotatable bonds is 2. The molecule has 4 heteroatoms. The highest BCUT2D eigenvalue weighted by Gasteiger charge is 2.68. The van der Waals surface area contributed by atoms with Crippen LogP contribution in [-0.4, -0.2) is 30.6 Å². The monoisotopic (exact) mass is 244 g/mol. The average Bonchev–Trinajstić information content (AvgIpc) is 3.02. The summed E-state index contributed by atoms with van der Waals surface area (Å²) in [5, 5.41) is 0. The maximum absolute atomic E-state index is 12.3. The van der Waals surface area contributed by atoms with Crippen LogP contribution < -0.4 is 0 Å². The Balaban J connectivity index is 1.62. The number of fused-ring (bicyclic) bond motifs is 4. The Morgan fingerprint density at radius 1 is 1.22 bits per heavy atom. The van der Waals surface area contributed by atoms with Gasteiger partial charge < -0.3 is 9.47 Å². The van der Waals surface area contributed by atoms with E-state index in [0.29, 0.717) is 12.2 Å². The zero-order valence-corrected chi connectivity index (χ0v) is 9.61. The standard InChI is InChI=1S/C14H12O4/c15-12(7-4-2-1-3-5-7)10-9-8-6-17-14(18-8)13(16)11(9)10/h1-5,8-11,14H,6H2/t8-,9+,10+,11+,14-/m1/s1. The Bertz CT molecular complexity index is 524. The molecule has 2 aliphatic heterocycles. The fraction of sp³-hybridized carbons (Fsp3) is 0.429. The molecule has 4 rings (SSSR count). The molecule has 2 saturated heterocycles. The van der Waals surface area contributed by atoms with Crippen molar-refractivity contribution in [3.8, 4) is 0 Å². The zero-order valence-electron chi connectivity index (χ0n) is 9.61. The molecule has 0 N–H and O–H groups in total. The summed E-state index contributed by atoms with van der Waals surface area (Å²) in [5.74, 6) is -0.329. The fourth-order valence-electron chi connectivity index (χ4n) is 3.22. The summed E-state index contributed by atoms with van der Waals surface area (Å²) in [6.07, 6.45) is -0.791. The fourth-order valence-corrected chi connectivity index (χ4v) is 3.22. The Morgan fingerprint density at radius 3 is 2.78 bits per heavy atom. The first-order valence-electron chi connectivity index (χ1n) is 6.17. The number of carbonyl (C=O) groups excluding carboxylic acids is 2. The molecule has 0 unspecified atom stereocenters. The van der Waals surface area contributed by atoms with Gasteiger partial charge in [0, 0.05) is 23.3 Å². The van der Waals surface area contributed by atoms with Crippen molar-refractivity contribution in [3.05, 3.63) is 35.9 Å². The number of hydrogen-bond donors (Lipinski definition) is 0. The molecule has 1 saturated carbocycles. The van der Waals surface area contributed by atoms with E-state index >= 15 is 0 Å². The molecule has 0 amide bonds. The van der Waals surface area contributed by atoms with Crippen molar-refractivity contribution in [2.24, 2.45) is 17.8 Å². The lowest BCUT2D eigenvalue weighted by Crippen LogP contribution is -2.30. The first-order chi connectivity index (χ1) is 8.77. The van der Waals surface area contributed by atoms with E-state index in [1.165, 1.54) is 0 Å². The number of carbonyl (C=O) groups is 2. The molecular formula is C14H12O4. The van der Waals surface area contributed by atoms with Crippen LogP contribution in [0.15, 0.2) is 30.3 Å². The average molecular weight is 244 g/mol. The van der Waals surface area contributed by atoms with Gasteiger partial charge in [0.2, 0.25) is 6.29 Å². The van der Waals surface area contributed by atoms with Crippen LogP contribution in [0.4, 0.5) is 0 Å². The minimum atomic E-state index is -0.718. The number of Topliss-reactive ketones (excluding diaryl/α,β-unsaturated/α-hetero) is 2. The third-order valence-electron chi connectivity index (χ3n) is 4.14. The summed E-state index contributed by atoms with van der Waals surface area (Å²) in [5.41, 5.74) is 0.682. The van der Waals surface area contributed by atoms with Crippen molar-refractivity contribution in [2.45, 2.75) is 12.4 Å². The van der Waals surface area contributed by atoms with Crippen molar-refractivity contribution >= 4 is 11.6 Å². The Kier molecular flexibility index (Phi) is 2.02. The lowest BCUT2D eigenvalue weighted by atomic mass is 10.0. The van der Waals surface area contributed by atoms with Gasteiger partial charge in [-0.25, -0.2) is 0 Å². The van der Waals surface area contributed by atoms with E-state index in [-0.39, 0.29) is 35.4 Å². The van der Waals surface area contributed by atoms with Crippen LogP contribution in [0.1, 0.15) is 10.4 Å². The smallest absolute Gasteiger partial charge is 0.218 e. The molecule has 3 aliphatic rings. The summed E-state index contributed by atoms with van der Waals surface area (Å²) in [7, 11) is 0. The Morgan fingerprint density at radius 2 is 2.00 bits per heavy atom. The van der Waals surface area contributed by atoms with Crippen LogP contribution in [0.3, 0.4) is 0 Å². The van der Waals surface area contributed by atoms with E-state index in [9.17, 15) is 9.59 Å². The molecular weight excluding hydrogens is 232 g/mol. The van der Waals surface area contributed by atoms with Crippen LogP contribution in [0.2, 0.25) is 0 Å². The number of ketones is 2. The molecule has 0 spiro atoms. The highest BCUT2D eigenvalue weighted by molar-refractivity contribution is 6.05. The predicted octanol–water partition coefficient (Wildman–Crippen LogP) is 1.06. The van der Waals surface area contributed by atoms with Gasteiger partial charge in [-0.15, -0.1) is 0 Å². The maximum Gasteiger partial charge on any atom is 0.218 e. The summed E-state index contributed by atoms with van der Waals surface area (Å²) in [6, 6.07) is 9.15. The zero-order chi connectivity index (χ0) is 12.3. The first kappa shape index (κ1) is 10.4. The third kappa shape index (κ3) is 1.27. The van der Waals surface area contributed by atoms with Crippen LogP contribution in [0.25, 0.3) is 0 Å². The van der Waals surface area contributed by atoms with E-state index in [2.05, 4.69) is 0 Å². The van der Waals surface area contributed by atoms with Crippen LogP contribution in [-0.2, 0) is 14.3 Å². The Labute approximate surface area is 104 Å². The molecule has 1 aliphatic carbocycles. The van der Waals surface area contributed by atoms with Gasteiger partial charge in [-0.05, 0) is 0 Å². The van der Waals surface area contributed by atoms with Crippen molar-refractivity contribution < 1.29 is 19.1 Å². The second-order valence-corrected chi connectivity index (χ2v) is 5.10. The summed E-state index contributed by atoms with van der Waals surface area (Å²) in [6.45, 7) is 0.441. The molecule has 18 heavy (non-hydrogen) atoms. The highest BCUT2D eigenvalue weighted by Crippen LogP contribution is 2.57. The molecule has 5 atom stereocenters. The summed E-state index contributed by atoms with van der Waals surface area (Å²) < 4.78 is 10.7. The summed E-state index contributed by atoms with van der Waals surface area (Å²) >= 11 is 0. The number of hydrogen-bond acceptors (Lipinski definition) is 4. The normalized spacial score (nSPS) is 40.4. The molecule has 2 heterocycles. The molecule has 1 aromatic carbocycles. The molecule has 4 nitrogen and oxygen atoms in total. The SMILES string of the molecule is O=C(c1ccccc1)[C@@H]1[C@H]2C(=O)[C@@H]3OC[C@@H](O3)[C@@H]12. The van der Waals surface area contributed by atoms with E-state index in [1.807, 2.05) is 18.2 Å².